The largest absolute Gasteiger partial charge is 0.325 e. The summed E-state index contributed by atoms with van der Waals surface area (Å²) in [6.45, 7) is 4.23. The molecule has 18 heavy (non-hydrogen) atoms. The molecule has 0 spiro atoms. The van der Waals surface area contributed by atoms with Gasteiger partial charge in [-0.15, -0.1) is 11.8 Å². The molecule has 0 unspecified atom stereocenters. The van der Waals surface area contributed by atoms with Crippen LogP contribution in [0.5, 0.6) is 0 Å². The molecule has 1 heterocycles. The van der Waals surface area contributed by atoms with E-state index in [0.717, 1.165) is 10.8 Å². The number of thioether (sulfide) groups is 1. The molecule has 0 saturated carbocycles. The third-order valence-electron chi connectivity index (χ3n) is 2.06. The topological polar surface area (TPSA) is 36.3 Å². The lowest BCUT2D eigenvalue weighted by atomic mass is 10.7. The molecule has 1 aromatic rings. The summed E-state index contributed by atoms with van der Waals surface area (Å²) in [5, 5.41) is 5.87. The number of halogens is 1. The van der Waals surface area contributed by atoms with Crippen molar-refractivity contribution in [2.75, 3.05) is 19.0 Å². The Balaban J connectivity index is 3.21. The molecule has 4 nitrogen and oxygen atoms in total. The number of hydrogen-bond acceptors (Lipinski definition) is 5. The van der Waals surface area contributed by atoms with E-state index in [1.165, 1.54) is 0 Å². The van der Waals surface area contributed by atoms with Crippen molar-refractivity contribution in [3.63, 3.8) is 0 Å². The van der Waals surface area contributed by atoms with Gasteiger partial charge in [0.15, 0.2) is 5.44 Å². The third-order valence-corrected chi connectivity index (χ3v) is 6.87. The first-order valence-electron chi connectivity index (χ1n) is 5.75. The van der Waals surface area contributed by atoms with Crippen LogP contribution < -0.4 is 5.44 Å². The van der Waals surface area contributed by atoms with Gasteiger partial charge >= 0.3 is 0 Å². The van der Waals surface area contributed by atoms with Crippen molar-refractivity contribution >= 4 is 47.1 Å². The summed E-state index contributed by atoms with van der Waals surface area (Å²) in [6.07, 6.45) is 0. The molecule has 0 atom stereocenters. The minimum absolute atomic E-state index is 0.487. The van der Waals surface area contributed by atoms with Crippen LogP contribution in [0, 0.1) is 0 Å². The first-order valence-corrected chi connectivity index (χ1v) is 9.75. The van der Waals surface area contributed by atoms with Crippen LogP contribution in [0.2, 0.25) is 5.02 Å². The average molecular weight is 329 g/mol. The second kappa shape index (κ2) is 7.27. The van der Waals surface area contributed by atoms with Gasteiger partial charge in [0.25, 0.3) is 0 Å². The summed E-state index contributed by atoms with van der Waals surface area (Å²) in [5.74, 6) is 0.921. The predicted octanol–water partition coefficient (Wildman–Crippen LogP) is 3.19. The fourth-order valence-corrected chi connectivity index (χ4v) is 5.65. The van der Waals surface area contributed by atoms with Crippen molar-refractivity contribution in [2.24, 2.45) is 7.05 Å². The summed E-state index contributed by atoms with van der Waals surface area (Å²) in [4.78, 5) is 0. The molecule has 0 bridgehead atoms. The van der Waals surface area contributed by atoms with Crippen LogP contribution in [0.15, 0.2) is 5.03 Å². The number of rotatable bonds is 7. The fraction of sp³-hybridized carbons (Fsp3) is 0.700. The van der Waals surface area contributed by atoms with Crippen molar-refractivity contribution in [1.82, 2.24) is 9.78 Å². The van der Waals surface area contributed by atoms with Gasteiger partial charge in [0.1, 0.15) is 10.0 Å². The van der Waals surface area contributed by atoms with Crippen LogP contribution in [-0.4, -0.2) is 28.7 Å². The highest BCUT2D eigenvalue weighted by molar-refractivity contribution is 8.13. The van der Waals surface area contributed by atoms with Gasteiger partial charge in [-0.2, -0.15) is 5.10 Å². The molecule has 8 heteroatoms. The predicted molar refractivity (Wildman–Crippen MR) is 81.8 cm³/mol. The number of nitrogens with zero attached hydrogens (tertiary/aromatic N) is 2. The van der Waals surface area contributed by atoms with E-state index in [4.69, 9.17) is 32.5 Å². The minimum Gasteiger partial charge on any atom is -0.325 e. The van der Waals surface area contributed by atoms with Crippen molar-refractivity contribution in [3.05, 3.63) is 5.02 Å². The fourth-order valence-electron chi connectivity index (χ4n) is 1.44. The molecule has 0 aliphatic heterocycles. The standard InChI is InChI=1S/C10H18ClN2O2PS2/c1-5-14-16(17,15-6-2)9-8(11)10(18-7-3)13(4)12-9/h5-7H2,1-4H3. The molecule has 0 fully saturated rings. The van der Waals surface area contributed by atoms with E-state index in [0.29, 0.717) is 23.7 Å². The smallest absolute Gasteiger partial charge is 0.241 e. The molecule has 0 N–H and O–H groups in total. The number of aromatic nitrogens is 2. The molecule has 0 aliphatic carbocycles. The average Bonchev–Trinajstić information content (AvgIpc) is 2.59. The summed E-state index contributed by atoms with van der Waals surface area (Å²) in [7, 11) is 1.85. The molecular weight excluding hydrogens is 311 g/mol. The number of aryl methyl sites for hydroxylation is 1. The highest BCUT2D eigenvalue weighted by atomic mass is 35.5. The van der Waals surface area contributed by atoms with Crippen molar-refractivity contribution < 1.29 is 9.05 Å². The van der Waals surface area contributed by atoms with Crippen LogP contribution >= 0.6 is 29.9 Å². The maximum absolute atomic E-state index is 6.36. The van der Waals surface area contributed by atoms with Gasteiger partial charge < -0.3 is 9.05 Å². The maximum Gasteiger partial charge on any atom is 0.241 e. The first kappa shape index (κ1) is 16.5. The van der Waals surface area contributed by atoms with Gasteiger partial charge in [-0.1, -0.05) is 18.5 Å². The Bertz CT molecular complexity index is 443. The zero-order chi connectivity index (χ0) is 13.8. The van der Waals surface area contributed by atoms with E-state index in [1.807, 2.05) is 20.9 Å². The van der Waals surface area contributed by atoms with E-state index >= 15 is 0 Å². The summed E-state index contributed by atoms with van der Waals surface area (Å²) in [5.41, 5.74) is 0.571. The Morgan fingerprint density at radius 3 is 2.33 bits per heavy atom. The van der Waals surface area contributed by atoms with Crippen molar-refractivity contribution in [2.45, 2.75) is 25.8 Å². The second-order valence-electron chi connectivity index (χ2n) is 3.33. The van der Waals surface area contributed by atoms with Gasteiger partial charge in [-0.25, -0.2) is 0 Å². The molecule has 0 saturated heterocycles. The lowest BCUT2D eigenvalue weighted by Gasteiger charge is -2.18. The monoisotopic (exact) mass is 328 g/mol. The van der Waals surface area contributed by atoms with E-state index in [1.54, 1.807) is 16.4 Å². The van der Waals surface area contributed by atoms with Crippen LogP contribution in [0.3, 0.4) is 0 Å². The normalized spacial score (nSPS) is 12.1. The Hall–Kier alpha value is 0.420. The molecule has 1 rings (SSSR count). The molecule has 104 valence electrons. The van der Waals surface area contributed by atoms with E-state index in [9.17, 15) is 0 Å². The van der Waals surface area contributed by atoms with Gasteiger partial charge in [0, 0.05) is 7.05 Å². The third kappa shape index (κ3) is 3.50. The lowest BCUT2D eigenvalue weighted by Crippen LogP contribution is -2.13. The van der Waals surface area contributed by atoms with Gasteiger partial charge in [0.05, 0.1) is 13.2 Å². The Morgan fingerprint density at radius 1 is 1.33 bits per heavy atom. The second-order valence-corrected chi connectivity index (χ2v) is 8.34. The molecule has 1 aromatic heterocycles. The highest BCUT2D eigenvalue weighted by Gasteiger charge is 2.30. The van der Waals surface area contributed by atoms with E-state index in [2.05, 4.69) is 12.0 Å². The van der Waals surface area contributed by atoms with Gasteiger partial charge in [-0.05, 0) is 31.4 Å². The maximum atomic E-state index is 6.36. The van der Waals surface area contributed by atoms with Crippen LogP contribution in [0.1, 0.15) is 20.8 Å². The van der Waals surface area contributed by atoms with Crippen LogP contribution in [-0.2, 0) is 27.9 Å². The van der Waals surface area contributed by atoms with Gasteiger partial charge in [0.2, 0.25) is 6.49 Å². The van der Waals surface area contributed by atoms with Crippen LogP contribution in [0.4, 0.5) is 0 Å². The first-order chi connectivity index (χ1) is 8.50. The SMILES string of the molecule is CCOP(=S)(OCC)c1nn(C)c(SCC)c1Cl. The molecular formula is C10H18ClN2O2PS2. The highest BCUT2D eigenvalue weighted by Crippen LogP contribution is 2.49. The zero-order valence-electron chi connectivity index (χ0n) is 11.0. The zero-order valence-corrected chi connectivity index (χ0v) is 14.3. The minimum atomic E-state index is -2.58. The summed E-state index contributed by atoms with van der Waals surface area (Å²) >= 11 is 13.5. The Kier molecular flexibility index (Phi) is 6.65. The summed E-state index contributed by atoms with van der Waals surface area (Å²) in [6, 6.07) is 0. The molecule has 0 aromatic carbocycles. The number of hydrogen-bond donors (Lipinski definition) is 0. The van der Waals surface area contributed by atoms with E-state index < -0.39 is 6.49 Å². The van der Waals surface area contributed by atoms with Crippen molar-refractivity contribution in [1.29, 1.82) is 0 Å². The Morgan fingerprint density at radius 2 is 1.89 bits per heavy atom. The summed E-state index contributed by atoms with van der Waals surface area (Å²) < 4.78 is 13.0. The van der Waals surface area contributed by atoms with Gasteiger partial charge in [-0.3, -0.25) is 4.68 Å². The molecule has 0 amide bonds. The lowest BCUT2D eigenvalue weighted by molar-refractivity contribution is 0.274. The quantitative estimate of drug-likeness (QED) is 0.567. The molecule has 0 aliphatic rings. The van der Waals surface area contributed by atoms with Crippen molar-refractivity contribution in [3.8, 4) is 0 Å². The Labute approximate surface area is 123 Å². The van der Waals surface area contributed by atoms with E-state index in [-0.39, 0.29) is 0 Å². The molecule has 0 radical (unpaired) electrons. The van der Waals surface area contributed by atoms with Crippen LogP contribution in [0.25, 0.3) is 0 Å².